The Bertz CT molecular complexity index is 179. The smallest absolute Gasteiger partial charge is 0.169 e. The van der Waals surface area contributed by atoms with E-state index >= 15 is 0 Å². The summed E-state index contributed by atoms with van der Waals surface area (Å²) in [5.41, 5.74) is 0. The molecule has 1 saturated carbocycles. The van der Waals surface area contributed by atoms with Crippen molar-refractivity contribution in [2.45, 2.75) is 25.0 Å². The molecule has 2 unspecified atom stereocenters. The summed E-state index contributed by atoms with van der Waals surface area (Å²) < 4.78 is 9.80. The minimum atomic E-state index is -0.465. The van der Waals surface area contributed by atoms with Gasteiger partial charge in [0.15, 0.2) is 11.6 Å². The molecule has 1 aliphatic rings. The van der Waals surface area contributed by atoms with Gasteiger partial charge in [-0.05, 0) is 0 Å². The number of hydrogen-bond donors (Lipinski definition) is 0. The van der Waals surface area contributed by atoms with E-state index in [4.69, 9.17) is 9.47 Å². The van der Waals surface area contributed by atoms with Crippen molar-refractivity contribution in [2.24, 2.45) is 0 Å². The zero-order valence-electron chi connectivity index (χ0n) is 7.20. The molecule has 0 heterocycles. The number of methoxy groups -OCH3 is 2. The van der Waals surface area contributed by atoms with E-state index in [1.807, 2.05) is 0 Å². The summed E-state index contributed by atoms with van der Waals surface area (Å²) in [5.74, 6) is -0.286. The molecular formula is C8H12O4. The van der Waals surface area contributed by atoms with Crippen LogP contribution in [0.3, 0.4) is 0 Å². The molecule has 0 bridgehead atoms. The van der Waals surface area contributed by atoms with E-state index in [1.54, 1.807) is 0 Å². The van der Waals surface area contributed by atoms with Gasteiger partial charge in [0.1, 0.15) is 12.2 Å². The van der Waals surface area contributed by atoms with Gasteiger partial charge < -0.3 is 9.47 Å². The molecule has 0 aromatic carbocycles. The van der Waals surface area contributed by atoms with E-state index in [2.05, 4.69) is 0 Å². The highest BCUT2D eigenvalue weighted by Gasteiger charge is 2.34. The molecule has 1 rings (SSSR count). The van der Waals surface area contributed by atoms with Gasteiger partial charge >= 0.3 is 0 Å². The minimum absolute atomic E-state index is 0.0585. The Hall–Kier alpha value is -0.740. The van der Waals surface area contributed by atoms with Crippen molar-refractivity contribution in [3.63, 3.8) is 0 Å². The molecule has 0 N–H and O–H groups in total. The third-order valence-corrected chi connectivity index (χ3v) is 2.06. The van der Waals surface area contributed by atoms with Gasteiger partial charge in [-0.3, -0.25) is 9.59 Å². The van der Waals surface area contributed by atoms with Gasteiger partial charge in [-0.1, -0.05) is 0 Å². The standard InChI is InChI=1S/C8H12O4/c1-11-7-4-8(12-2)6(10)3-5(7)9/h7-8H,3-4H2,1-2H3. The molecule has 0 aromatic rings. The van der Waals surface area contributed by atoms with E-state index < -0.39 is 12.2 Å². The summed E-state index contributed by atoms with van der Waals surface area (Å²) in [7, 11) is 2.93. The second-order valence-corrected chi connectivity index (χ2v) is 2.79. The zero-order valence-corrected chi connectivity index (χ0v) is 7.20. The van der Waals surface area contributed by atoms with Crippen molar-refractivity contribution < 1.29 is 19.1 Å². The van der Waals surface area contributed by atoms with Gasteiger partial charge in [0, 0.05) is 20.6 Å². The maximum Gasteiger partial charge on any atom is 0.169 e. The molecule has 1 aliphatic carbocycles. The lowest BCUT2D eigenvalue weighted by atomic mass is 9.92. The van der Waals surface area contributed by atoms with Crippen LogP contribution in [0.25, 0.3) is 0 Å². The molecule has 12 heavy (non-hydrogen) atoms. The molecule has 0 saturated heterocycles. The first-order valence-corrected chi connectivity index (χ1v) is 3.80. The molecular weight excluding hydrogens is 160 g/mol. The topological polar surface area (TPSA) is 52.6 Å². The fraction of sp³-hybridized carbons (Fsp3) is 0.750. The molecule has 4 heteroatoms. The van der Waals surface area contributed by atoms with Gasteiger partial charge in [-0.2, -0.15) is 0 Å². The van der Waals surface area contributed by atoms with Crippen LogP contribution in [-0.4, -0.2) is 38.0 Å². The average molecular weight is 172 g/mol. The van der Waals surface area contributed by atoms with Crippen molar-refractivity contribution in [2.75, 3.05) is 14.2 Å². The number of carbonyl (C=O) groups excluding carboxylic acids is 2. The average Bonchev–Trinajstić information content (AvgIpc) is 2.05. The monoisotopic (exact) mass is 172 g/mol. The number of ether oxygens (including phenoxy) is 2. The molecule has 2 atom stereocenters. The maximum atomic E-state index is 11.1. The third-order valence-electron chi connectivity index (χ3n) is 2.06. The fourth-order valence-electron chi connectivity index (χ4n) is 1.31. The first kappa shape index (κ1) is 9.35. The molecule has 0 aromatic heterocycles. The Morgan fingerprint density at radius 2 is 1.50 bits per heavy atom. The molecule has 0 spiro atoms. The van der Waals surface area contributed by atoms with Crippen LogP contribution in [0.1, 0.15) is 12.8 Å². The normalized spacial score (nSPS) is 30.8. The Kier molecular flexibility index (Phi) is 2.94. The molecule has 0 aliphatic heterocycles. The van der Waals surface area contributed by atoms with Crippen molar-refractivity contribution >= 4 is 11.6 Å². The highest BCUT2D eigenvalue weighted by atomic mass is 16.5. The predicted octanol–water partition coefficient (Wildman–Crippen LogP) is -0.0516. The van der Waals surface area contributed by atoms with Crippen LogP contribution in [0.5, 0.6) is 0 Å². The number of Topliss-reactive ketones (excluding diaryl/α,β-unsaturated/α-hetero) is 2. The summed E-state index contributed by atoms with van der Waals surface area (Å²) >= 11 is 0. The van der Waals surface area contributed by atoms with Gasteiger partial charge in [0.05, 0.1) is 6.42 Å². The van der Waals surface area contributed by atoms with Gasteiger partial charge in [-0.25, -0.2) is 0 Å². The van der Waals surface area contributed by atoms with Gasteiger partial charge in [-0.15, -0.1) is 0 Å². The van der Waals surface area contributed by atoms with Crippen molar-refractivity contribution in [1.29, 1.82) is 0 Å². The summed E-state index contributed by atoms with van der Waals surface area (Å²) in [5, 5.41) is 0. The third kappa shape index (κ3) is 1.70. The Morgan fingerprint density at radius 1 is 1.08 bits per heavy atom. The second-order valence-electron chi connectivity index (χ2n) is 2.79. The van der Waals surface area contributed by atoms with E-state index in [9.17, 15) is 9.59 Å². The van der Waals surface area contributed by atoms with Crippen LogP contribution in [-0.2, 0) is 19.1 Å². The Balaban J connectivity index is 2.62. The van der Waals surface area contributed by atoms with Crippen LogP contribution >= 0.6 is 0 Å². The molecule has 1 fully saturated rings. The van der Waals surface area contributed by atoms with Crippen LogP contribution in [0.4, 0.5) is 0 Å². The first-order chi connectivity index (χ1) is 5.69. The Morgan fingerprint density at radius 3 is 1.83 bits per heavy atom. The Labute approximate surface area is 70.8 Å². The lowest BCUT2D eigenvalue weighted by molar-refractivity contribution is -0.146. The molecule has 4 nitrogen and oxygen atoms in total. The molecule has 0 amide bonds. The van der Waals surface area contributed by atoms with E-state index in [0.717, 1.165) is 0 Å². The van der Waals surface area contributed by atoms with Crippen LogP contribution in [0, 0.1) is 0 Å². The van der Waals surface area contributed by atoms with Crippen LogP contribution < -0.4 is 0 Å². The SMILES string of the molecule is COC1CC(OC)C(=O)CC1=O. The van der Waals surface area contributed by atoms with E-state index in [0.29, 0.717) is 6.42 Å². The van der Waals surface area contributed by atoms with Crippen LogP contribution in [0.2, 0.25) is 0 Å². The molecule has 68 valence electrons. The number of hydrogen-bond acceptors (Lipinski definition) is 4. The summed E-state index contributed by atoms with van der Waals surface area (Å²) in [6, 6.07) is 0. The van der Waals surface area contributed by atoms with Crippen LogP contribution in [0.15, 0.2) is 0 Å². The number of ketones is 2. The fourth-order valence-corrected chi connectivity index (χ4v) is 1.31. The van der Waals surface area contributed by atoms with Crippen molar-refractivity contribution in [3.05, 3.63) is 0 Å². The minimum Gasteiger partial charge on any atom is -0.374 e. The van der Waals surface area contributed by atoms with Crippen molar-refractivity contribution in [1.82, 2.24) is 0 Å². The second kappa shape index (κ2) is 3.78. The highest BCUT2D eigenvalue weighted by molar-refractivity contribution is 6.05. The maximum absolute atomic E-state index is 11.1. The van der Waals surface area contributed by atoms with Gasteiger partial charge in [0.2, 0.25) is 0 Å². The highest BCUT2D eigenvalue weighted by Crippen LogP contribution is 2.16. The first-order valence-electron chi connectivity index (χ1n) is 3.80. The summed E-state index contributed by atoms with van der Waals surface area (Å²) in [6.07, 6.45) is -0.637. The number of carbonyl (C=O) groups is 2. The lowest BCUT2D eigenvalue weighted by Gasteiger charge is -2.24. The molecule has 0 radical (unpaired) electrons. The summed E-state index contributed by atoms with van der Waals surface area (Å²) in [6.45, 7) is 0. The largest absolute Gasteiger partial charge is 0.374 e. The quantitative estimate of drug-likeness (QED) is 0.548. The number of rotatable bonds is 2. The summed E-state index contributed by atoms with van der Waals surface area (Å²) in [4.78, 5) is 22.2. The van der Waals surface area contributed by atoms with Crippen molar-refractivity contribution in [3.8, 4) is 0 Å². The predicted molar refractivity (Wildman–Crippen MR) is 40.8 cm³/mol. The lowest BCUT2D eigenvalue weighted by Crippen LogP contribution is -2.41. The van der Waals surface area contributed by atoms with Gasteiger partial charge in [0.25, 0.3) is 0 Å². The van der Waals surface area contributed by atoms with E-state index in [1.165, 1.54) is 14.2 Å². The zero-order chi connectivity index (χ0) is 9.14. The van der Waals surface area contributed by atoms with E-state index in [-0.39, 0.29) is 18.0 Å².